The van der Waals surface area contributed by atoms with Crippen LogP contribution in [0.1, 0.15) is 11.3 Å². The molecule has 0 bridgehead atoms. The number of benzene rings is 1. The second-order valence-corrected chi connectivity index (χ2v) is 8.77. The number of nitrogens with zero attached hydrogens (tertiary/aromatic N) is 5. The minimum Gasteiger partial charge on any atom is -0.475 e. The number of hydrogen-bond donors (Lipinski definition) is 0. The maximum Gasteiger partial charge on any atom is 0.256 e. The van der Waals surface area contributed by atoms with Crippen LogP contribution in [0.3, 0.4) is 0 Å². The Morgan fingerprint density at radius 1 is 1.41 bits per heavy atom. The quantitative estimate of drug-likeness (QED) is 0.363. The maximum atomic E-state index is 13.4. The highest BCUT2D eigenvalue weighted by molar-refractivity contribution is 9.10. The minimum atomic E-state index is -0.346. The minimum absolute atomic E-state index is 0.137. The predicted molar refractivity (Wildman–Crippen MR) is 122 cm³/mol. The number of amides is 1. The Balaban J connectivity index is 1.38. The van der Waals surface area contributed by atoms with Gasteiger partial charge in [-0.15, -0.1) is 5.10 Å². The molecular weight excluding hydrogens is 501 g/mol. The normalized spacial score (nSPS) is 16.8. The molecule has 3 heterocycles. The van der Waals surface area contributed by atoms with Crippen molar-refractivity contribution < 1.29 is 18.7 Å². The van der Waals surface area contributed by atoms with Crippen molar-refractivity contribution in [3.8, 4) is 5.88 Å². The number of carbonyl (C=O) groups is 1. The van der Waals surface area contributed by atoms with Gasteiger partial charge in [0, 0.05) is 24.4 Å². The molecule has 0 radical (unpaired) electrons. The number of thioether (sulfide) groups is 1. The maximum absolute atomic E-state index is 13.4. The van der Waals surface area contributed by atoms with Crippen molar-refractivity contribution in [1.82, 2.24) is 24.5 Å². The molecule has 0 N–H and O–H groups in total. The topological polar surface area (TPSA) is 81.9 Å². The van der Waals surface area contributed by atoms with E-state index < -0.39 is 0 Å². The van der Waals surface area contributed by atoms with E-state index in [-0.39, 0.29) is 24.4 Å². The van der Waals surface area contributed by atoms with Crippen LogP contribution in [0.2, 0.25) is 0 Å². The largest absolute Gasteiger partial charge is 0.475 e. The van der Waals surface area contributed by atoms with Gasteiger partial charge in [-0.3, -0.25) is 4.79 Å². The summed E-state index contributed by atoms with van der Waals surface area (Å²) in [5.41, 5.74) is 1.50. The zero-order chi connectivity index (χ0) is 22.7. The number of morpholine rings is 1. The van der Waals surface area contributed by atoms with E-state index in [0.717, 1.165) is 11.3 Å². The molecule has 1 unspecified atom stereocenters. The zero-order valence-electron chi connectivity index (χ0n) is 17.5. The van der Waals surface area contributed by atoms with Gasteiger partial charge in [0.15, 0.2) is 0 Å². The summed E-state index contributed by atoms with van der Waals surface area (Å²) in [6.45, 7) is 3.43. The van der Waals surface area contributed by atoms with Crippen LogP contribution in [0.5, 0.6) is 5.88 Å². The average molecular weight is 522 g/mol. The first kappa shape index (κ1) is 22.7. The Morgan fingerprint density at radius 2 is 2.25 bits per heavy atom. The summed E-state index contributed by atoms with van der Waals surface area (Å²) in [6, 6.07) is 6.38. The number of hydrogen-bond acceptors (Lipinski definition) is 7. The van der Waals surface area contributed by atoms with Gasteiger partial charge < -0.3 is 14.4 Å². The fourth-order valence-electron chi connectivity index (χ4n) is 3.21. The molecule has 4 rings (SSSR count). The van der Waals surface area contributed by atoms with Crippen LogP contribution < -0.4 is 4.74 Å². The molecule has 1 aliphatic heterocycles. The van der Waals surface area contributed by atoms with E-state index in [1.54, 1.807) is 33.7 Å². The van der Waals surface area contributed by atoms with E-state index in [1.165, 1.54) is 23.9 Å². The first-order chi connectivity index (χ1) is 15.4. The lowest BCUT2D eigenvalue weighted by molar-refractivity contribution is -0.134. The van der Waals surface area contributed by atoms with Gasteiger partial charge in [-0.05, 0) is 52.9 Å². The van der Waals surface area contributed by atoms with Crippen molar-refractivity contribution in [2.24, 2.45) is 0 Å². The third kappa shape index (κ3) is 5.28. The first-order valence-electron chi connectivity index (χ1n) is 9.88. The summed E-state index contributed by atoms with van der Waals surface area (Å²) in [5.74, 6) is 0.515. The standard InChI is InChI=1S/C21H21BrFN5O3S/c1-13-9-19(28-20(24-13)25-21(26-28)32-2)31-12-15-11-27(7-8-30-15)18(29)6-4-14-3-5-17(23)16(22)10-14/h3-6,9-10,15H,7-8,11-12H2,1-2H3/b6-4+. The van der Waals surface area contributed by atoms with Crippen molar-refractivity contribution in [3.63, 3.8) is 0 Å². The molecule has 1 aliphatic rings. The highest BCUT2D eigenvalue weighted by Crippen LogP contribution is 2.19. The van der Waals surface area contributed by atoms with Gasteiger partial charge >= 0.3 is 0 Å². The summed E-state index contributed by atoms with van der Waals surface area (Å²) in [5, 5.41) is 4.99. The Bertz CT molecular complexity index is 1170. The summed E-state index contributed by atoms with van der Waals surface area (Å²) in [6.07, 6.45) is 4.76. The molecule has 1 aromatic carbocycles. The number of aromatic nitrogens is 4. The van der Waals surface area contributed by atoms with Crippen molar-refractivity contribution >= 4 is 45.5 Å². The Morgan fingerprint density at radius 3 is 3.03 bits per heavy atom. The number of carbonyl (C=O) groups excluding carboxylic acids is 1. The molecule has 8 nitrogen and oxygen atoms in total. The van der Waals surface area contributed by atoms with E-state index in [2.05, 4.69) is 31.0 Å². The molecule has 0 aliphatic carbocycles. The molecule has 1 atom stereocenters. The van der Waals surface area contributed by atoms with Crippen LogP contribution in [0.15, 0.2) is 40.0 Å². The number of halogens is 2. The number of ether oxygens (including phenoxy) is 2. The summed E-state index contributed by atoms with van der Waals surface area (Å²) >= 11 is 4.58. The Hall–Kier alpha value is -2.50. The summed E-state index contributed by atoms with van der Waals surface area (Å²) < 4.78 is 27.0. The molecule has 168 valence electrons. The fraction of sp³-hybridized carbons (Fsp3) is 0.333. The van der Waals surface area contributed by atoms with Crippen LogP contribution in [0.4, 0.5) is 4.39 Å². The van der Waals surface area contributed by atoms with Crippen LogP contribution in [-0.4, -0.2) is 69.1 Å². The number of aryl methyl sites for hydroxylation is 1. The van der Waals surface area contributed by atoms with Gasteiger partial charge in [-0.2, -0.15) is 9.50 Å². The van der Waals surface area contributed by atoms with Crippen molar-refractivity contribution in [1.29, 1.82) is 0 Å². The highest BCUT2D eigenvalue weighted by Gasteiger charge is 2.24. The van der Waals surface area contributed by atoms with Crippen LogP contribution in [0, 0.1) is 12.7 Å². The monoisotopic (exact) mass is 521 g/mol. The lowest BCUT2D eigenvalue weighted by Gasteiger charge is -2.32. The van der Waals surface area contributed by atoms with E-state index in [1.807, 2.05) is 13.2 Å². The van der Waals surface area contributed by atoms with Gasteiger partial charge in [-0.1, -0.05) is 17.8 Å². The predicted octanol–water partition coefficient (Wildman–Crippen LogP) is 3.38. The average Bonchev–Trinajstić information content (AvgIpc) is 3.21. The van der Waals surface area contributed by atoms with Gasteiger partial charge in [0.1, 0.15) is 18.5 Å². The molecule has 1 saturated heterocycles. The Kier molecular flexibility index (Phi) is 7.07. The van der Waals surface area contributed by atoms with E-state index in [0.29, 0.717) is 41.0 Å². The smallest absolute Gasteiger partial charge is 0.256 e. The lowest BCUT2D eigenvalue weighted by Crippen LogP contribution is -2.47. The van der Waals surface area contributed by atoms with Gasteiger partial charge in [0.2, 0.25) is 16.9 Å². The number of fused-ring (bicyclic) bond motifs is 1. The van der Waals surface area contributed by atoms with Crippen molar-refractivity contribution in [2.45, 2.75) is 18.2 Å². The first-order valence-corrected chi connectivity index (χ1v) is 11.9. The molecule has 1 fully saturated rings. The third-order valence-electron chi connectivity index (χ3n) is 4.80. The van der Waals surface area contributed by atoms with Crippen LogP contribution in [0.25, 0.3) is 11.9 Å². The number of rotatable bonds is 6. The van der Waals surface area contributed by atoms with E-state index >= 15 is 0 Å². The zero-order valence-corrected chi connectivity index (χ0v) is 19.9. The lowest BCUT2D eigenvalue weighted by atomic mass is 10.2. The molecule has 0 saturated carbocycles. The SMILES string of the molecule is CSc1nc2nc(C)cc(OCC3CN(C(=O)/C=C/c4ccc(F)c(Br)c4)CCO3)n2n1. The van der Waals surface area contributed by atoms with Crippen molar-refractivity contribution in [3.05, 3.63) is 51.9 Å². The van der Waals surface area contributed by atoms with Gasteiger partial charge in [-0.25, -0.2) is 9.37 Å². The van der Waals surface area contributed by atoms with Gasteiger partial charge in [0.25, 0.3) is 5.78 Å². The van der Waals surface area contributed by atoms with Crippen LogP contribution in [-0.2, 0) is 9.53 Å². The molecule has 2 aromatic heterocycles. The van der Waals surface area contributed by atoms with Gasteiger partial charge in [0.05, 0.1) is 17.6 Å². The molecule has 32 heavy (non-hydrogen) atoms. The molecule has 0 spiro atoms. The van der Waals surface area contributed by atoms with Crippen LogP contribution >= 0.6 is 27.7 Å². The molecule has 3 aromatic rings. The second-order valence-electron chi connectivity index (χ2n) is 7.14. The Labute approximate surface area is 196 Å². The fourth-order valence-corrected chi connectivity index (χ4v) is 3.95. The summed E-state index contributed by atoms with van der Waals surface area (Å²) in [4.78, 5) is 23.0. The molecule has 11 heteroatoms. The second kappa shape index (κ2) is 9.97. The molecule has 1 amide bonds. The highest BCUT2D eigenvalue weighted by atomic mass is 79.9. The molecular formula is C21H21BrFN5O3S. The third-order valence-corrected chi connectivity index (χ3v) is 5.95. The van der Waals surface area contributed by atoms with Crippen molar-refractivity contribution in [2.75, 3.05) is 32.6 Å². The summed E-state index contributed by atoms with van der Waals surface area (Å²) in [7, 11) is 0. The van der Waals surface area contributed by atoms with E-state index in [9.17, 15) is 9.18 Å². The van der Waals surface area contributed by atoms with E-state index in [4.69, 9.17) is 9.47 Å².